The Balaban J connectivity index is 1.82. The number of anilines is 1. The minimum Gasteiger partial charge on any atom is -0.372 e. The van der Waals surface area contributed by atoms with Crippen molar-refractivity contribution in [2.75, 3.05) is 18.0 Å². The molecule has 2 aliphatic rings. The maximum Gasteiger partial charge on any atom is 0.131 e. The van der Waals surface area contributed by atoms with E-state index in [1.165, 1.54) is 24.2 Å². The zero-order chi connectivity index (χ0) is 14.3. The second kappa shape index (κ2) is 5.37. The summed E-state index contributed by atoms with van der Waals surface area (Å²) in [6.45, 7) is 9.22. The fourth-order valence-corrected chi connectivity index (χ4v) is 3.18. The van der Waals surface area contributed by atoms with Crippen molar-refractivity contribution in [2.45, 2.75) is 58.4 Å². The quantitative estimate of drug-likeness (QED) is 0.908. The molecule has 5 nitrogen and oxygen atoms in total. The van der Waals surface area contributed by atoms with Gasteiger partial charge in [-0.3, -0.25) is 4.68 Å². The fraction of sp³-hybridized carbons (Fsp3) is 0.800. The van der Waals surface area contributed by atoms with Crippen LogP contribution in [0.4, 0.5) is 5.82 Å². The number of nitrogens with one attached hydrogen (secondary N) is 1. The maximum atomic E-state index is 5.85. The van der Waals surface area contributed by atoms with Crippen LogP contribution in [0.25, 0.3) is 0 Å². The topological polar surface area (TPSA) is 42.3 Å². The zero-order valence-corrected chi connectivity index (χ0v) is 13.0. The summed E-state index contributed by atoms with van der Waals surface area (Å²) >= 11 is 0. The van der Waals surface area contributed by atoms with Crippen molar-refractivity contribution in [3.05, 3.63) is 11.3 Å². The number of hydrogen-bond donors (Lipinski definition) is 1. The molecular formula is C15H26N4O. The van der Waals surface area contributed by atoms with Gasteiger partial charge in [0.1, 0.15) is 5.82 Å². The second-order valence-electron chi connectivity index (χ2n) is 6.33. The molecular weight excluding hydrogens is 252 g/mol. The average Bonchev–Trinajstić information content (AvgIpc) is 3.12. The van der Waals surface area contributed by atoms with Crippen molar-refractivity contribution >= 4 is 5.82 Å². The van der Waals surface area contributed by atoms with Crippen LogP contribution in [0.15, 0.2) is 0 Å². The largest absolute Gasteiger partial charge is 0.372 e. The molecule has 0 amide bonds. The van der Waals surface area contributed by atoms with Gasteiger partial charge in [0, 0.05) is 38.3 Å². The Morgan fingerprint density at radius 3 is 2.50 bits per heavy atom. The number of aromatic nitrogens is 2. The Kier molecular flexibility index (Phi) is 3.73. The van der Waals surface area contributed by atoms with E-state index in [1.807, 2.05) is 11.7 Å². The lowest BCUT2D eigenvalue weighted by Crippen LogP contribution is -2.46. The normalized spacial score (nSPS) is 27.1. The number of hydrogen-bond acceptors (Lipinski definition) is 4. The summed E-state index contributed by atoms with van der Waals surface area (Å²) in [6, 6.07) is 0.727. The van der Waals surface area contributed by atoms with Gasteiger partial charge in [0.05, 0.1) is 17.9 Å². The standard InChI is InChI=1S/C15H26N4O/c1-10-8-19(9-11(2)20-10)15-14(7-16-13-5-6-13)12(3)17-18(15)4/h10-11,13,16H,5-9H2,1-4H3/t10-,11+. The molecule has 0 unspecified atom stereocenters. The number of aryl methyl sites for hydroxylation is 2. The maximum absolute atomic E-state index is 5.85. The molecule has 1 aliphatic carbocycles. The van der Waals surface area contributed by atoms with Crippen LogP contribution in [0.1, 0.15) is 37.9 Å². The number of morpholine rings is 1. The molecule has 2 heterocycles. The van der Waals surface area contributed by atoms with Crippen LogP contribution in [0, 0.1) is 6.92 Å². The van der Waals surface area contributed by atoms with Crippen molar-refractivity contribution in [3.63, 3.8) is 0 Å². The van der Waals surface area contributed by atoms with Gasteiger partial charge < -0.3 is 15.0 Å². The molecule has 0 bridgehead atoms. The first-order valence-electron chi connectivity index (χ1n) is 7.71. The first-order chi connectivity index (χ1) is 9.54. The Morgan fingerprint density at radius 2 is 1.90 bits per heavy atom. The third-order valence-electron chi connectivity index (χ3n) is 4.18. The van der Waals surface area contributed by atoms with Crippen LogP contribution in [0.5, 0.6) is 0 Å². The van der Waals surface area contributed by atoms with Gasteiger partial charge in [-0.05, 0) is 33.6 Å². The molecule has 1 aliphatic heterocycles. The van der Waals surface area contributed by atoms with E-state index >= 15 is 0 Å². The van der Waals surface area contributed by atoms with Gasteiger partial charge in [0.2, 0.25) is 0 Å². The Hall–Kier alpha value is -1.07. The van der Waals surface area contributed by atoms with Gasteiger partial charge >= 0.3 is 0 Å². The molecule has 1 aromatic rings. The molecule has 1 saturated carbocycles. The first-order valence-corrected chi connectivity index (χ1v) is 7.71. The second-order valence-corrected chi connectivity index (χ2v) is 6.33. The van der Waals surface area contributed by atoms with Crippen molar-refractivity contribution in [3.8, 4) is 0 Å². The molecule has 2 atom stereocenters. The molecule has 1 aromatic heterocycles. The van der Waals surface area contributed by atoms with Gasteiger partial charge in [-0.15, -0.1) is 0 Å². The first kappa shape index (κ1) is 13.9. The highest BCUT2D eigenvalue weighted by molar-refractivity contribution is 5.50. The summed E-state index contributed by atoms with van der Waals surface area (Å²) in [6.07, 6.45) is 3.19. The monoisotopic (exact) mass is 278 g/mol. The van der Waals surface area contributed by atoms with Crippen LogP contribution in [0.2, 0.25) is 0 Å². The molecule has 2 fully saturated rings. The summed E-state index contributed by atoms with van der Waals surface area (Å²) in [7, 11) is 2.05. The van der Waals surface area contributed by atoms with E-state index in [1.54, 1.807) is 0 Å². The molecule has 3 rings (SSSR count). The van der Waals surface area contributed by atoms with E-state index in [0.717, 1.165) is 31.4 Å². The van der Waals surface area contributed by atoms with E-state index in [0.29, 0.717) is 0 Å². The Morgan fingerprint density at radius 1 is 1.25 bits per heavy atom. The van der Waals surface area contributed by atoms with E-state index in [4.69, 9.17) is 4.74 Å². The highest BCUT2D eigenvalue weighted by Gasteiger charge is 2.28. The number of rotatable bonds is 4. The lowest BCUT2D eigenvalue weighted by Gasteiger charge is -2.37. The van der Waals surface area contributed by atoms with Crippen LogP contribution in [0.3, 0.4) is 0 Å². The summed E-state index contributed by atoms with van der Waals surface area (Å²) in [5, 5.41) is 8.25. The fourth-order valence-electron chi connectivity index (χ4n) is 3.18. The van der Waals surface area contributed by atoms with Crippen molar-refractivity contribution in [1.82, 2.24) is 15.1 Å². The van der Waals surface area contributed by atoms with Gasteiger partial charge in [0.25, 0.3) is 0 Å². The molecule has 0 aromatic carbocycles. The minimum atomic E-state index is 0.276. The summed E-state index contributed by atoms with van der Waals surface area (Å²) in [5.74, 6) is 1.26. The van der Waals surface area contributed by atoms with Gasteiger partial charge in [0.15, 0.2) is 0 Å². The molecule has 20 heavy (non-hydrogen) atoms. The van der Waals surface area contributed by atoms with Gasteiger partial charge in [-0.25, -0.2) is 0 Å². The Bertz CT molecular complexity index is 470. The third-order valence-corrected chi connectivity index (χ3v) is 4.18. The zero-order valence-electron chi connectivity index (χ0n) is 13.0. The molecule has 112 valence electrons. The van der Waals surface area contributed by atoms with E-state index in [-0.39, 0.29) is 12.2 Å². The SMILES string of the molecule is Cc1nn(C)c(N2C[C@@H](C)O[C@@H](C)C2)c1CNC1CC1. The minimum absolute atomic E-state index is 0.276. The number of nitrogens with zero attached hydrogens (tertiary/aromatic N) is 3. The molecule has 0 radical (unpaired) electrons. The van der Waals surface area contributed by atoms with E-state index < -0.39 is 0 Å². The summed E-state index contributed by atoms with van der Waals surface area (Å²) in [5.41, 5.74) is 2.49. The lowest BCUT2D eigenvalue weighted by atomic mass is 10.1. The van der Waals surface area contributed by atoms with E-state index in [2.05, 4.69) is 36.1 Å². The van der Waals surface area contributed by atoms with Gasteiger partial charge in [-0.1, -0.05) is 0 Å². The summed E-state index contributed by atoms with van der Waals surface area (Å²) in [4.78, 5) is 2.43. The van der Waals surface area contributed by atoms with Crippen LogP contribution in [-0.4, -0.2) is 41.1 Å². The molecule has 5 heteroatoms. The van der Waals surface area contributed by atoms with Crippen molar-refractivity contribution < 1.29 is 4.74 Å². The lowest BCUT2D eigenvalue weighted by molar-refractivity contribution is -0.00570. The highest BCUT2D eigenvalue weighted by Crippen LogP contribution is 2.28. The summed E-state index contributed by atoms with van der Waals surface area (Å²) < 4.78 is 7.88. The van der Waals surface area contributed by atoms with Crippen LogP contribution >= 0.6 is 0 Å². The molecule has 1 N–H and O–H groups in total. The van der Waals surface area contributed by atoms with Crippen LogP contribution in [-0.2, 0) is 18.3 Å². The van der Waals surface area contributed by atoms with E-state index in [9.17, 15) is 0 Å². The highest BCUT2D eigenvalue weighted by atomic mass is 16.5. The van der Waals surface area contributed by atoms with Gasteiger partial charge in [-0.2, -0.15) is 5.10 Å². The predicted octanol–water partition coefficient (Wildman–Crippen LogP) is 1.59. The van der Waals surface area contributed by atoms with Crippen molar-refractivity contribution in [2.24, 2.45) is 7.05 Å². The number of ether oxygens (including phenoxy) is 1. The third kappa shape index (κ3) is 2.83. The van der Waals surface area contributed by atoms with Crippen molar-refractivity contribution in [1.29, 1.82) is 0 Å². The average molecular weight is 278 g/mol. The van der Waals surface area contributed by atoms with Crippen LogP contribution < -0.4 is 10.2 Å². The Labute approximate surface area is 121 Å². The smallest absolute Gasteiger partial charge is 0.131 e. The predicted molar refractivity (Wildman–Crippen MR) is 80.0 cm³/mol. The molecule has 1 saturated heterocycles. The molecule has 0 spiro atoms.